The van der Waals surface area contributed by atoms with Crippen LogP contribution in [-0.4, -0.2) is 48.4 Å². The van der Waals surface area contributed by atoms with Crippen LogP contribution in [0.25, 0.3) is 11.4 Å². The van der Waals surface area contributed by atoms with Crippen molar-refractivity contribution in [1.82, 2.24) is 10.1 Å². The quantitative estimate of drug-likeness (QED) is 0.491. The lowest BCUT2D eigenvalue weighted by molar-refractivity contribution is -0.384. The van der Waals surface area contributed by atoms with E-state index in [1.165, 1.54) is 12.1 Å². The summed E-state index contributed by atoms with van der Waals surface area (Å²) in [5.41, 5.74) is 1.93. The first-order valence-electron chi connectivity index (χ1n) is 8.86. The molecule has 1 fully saturated rings. The van der Waals surface area contributed by atoms with E-state index in [-0.39, 0.29) is 5.69 Å². The molecule has 0 amide bonds. The van der Waals surface area contributed by atoms with Gasteiger partial charge in [-0.15, -0.1) is 0 Å². The molecule has 4 rings (SSSR count). The van der Waals surface area contributed by atoms with Crippen LogP contribution in [-0.2, 0) is 0 Å². The molecule has 0 N–H and O–H groups in total. The number of nitro benzene ring substituents is 1. The van der Waals surface area contributed by atoms with Gasteiger partial charge in [-0.2, -0.15) is 4.98 Å². The molecule has 9 heteroatoms. The number of piperazine rings is 1. The van der Waals surface area contributed by atoms with Crippen molar-refractivity contribution in [3.63, 3.8) is 0 Å². The zero-order chi connectivity index (χ0) is 19.5. The summed E-state index contributed by atoms with van der Waals surface area (Å²) in [4.78, 5) is 19.1. The maximum Gasteiger partial charge on any atom is 0.324 e. The smallest absolute Gasteiger partial charge is 0.324 e. The summed E-state index contributed by atoms with van der Waals surface area (Å²) in [5.74, 6) is 1.31. The van der Waals surface area contributed by atoms with Gasteiger partial charge in [-0.05, 0) is 36.4 Å². The first kappa shape index (κ1) is 17.8. The first-order chi connectivity index (χ1) is 13.6. The molecule has 9 nitrogen and oxygen atoms in total. The van der Waals surface area contributed by atoms with Gasteiger partial charge in [-0.25, -0.2) is 0 Å². The Morgan fingerprint density at radius 2 is 1.64 bits per heavy atom. The molecule has 0 unspecified atom stereocenters. The molecule has 1 aliphatic heterocycles. The van der Waals surface area contributed by atoms with E-state index in [2.05, 4.69) is 15.0 Å². The van der Waals surface area contributed by atoms with Crippen LogP contribution in [0.3, 0.4) is 0 Å². The fourth-order valence-electron chi connectivity index (χ4n) is 3.14. The molecule has 2 heterocycles. The molecule has 0 atom stereocenters. The van der Waals surface area contributed by atoms with Crippen molar-refractivity contribution in [2.45, 2.75) is 0 Å². The largest absolute Gasteiger partial charge is 0.497 e. The van der Waals surface area contributed by atoms with E-state index in [4.69, 9.17) is 9.26 Å². The second-order valence-corrected chi connectivity index (χ2v) is 6.38. The standard InChI is InChI=1S/C19H19N5O4/c1-27-17-8-2-14(3-9-17)18-20-19(28-21-18)23-12-10-22(11-13-23)15-4-6-16(7-5-15)24(25)26/h2-9H,10-13H2,1H3. The van der Waals surface area contributed by atoms with Crippen LogP contribution in [0, 0.1) is 10.1 Å². The van der Waals surface area contributed by atoms with Crippen molar-refractivity contribution < 1.29 is 14.2 Å². The van der Waals surface area contributed by atoms with Gasteiger partial charge in [-0.3, -0.25) is 10.1 Å². The predicted octanol–water partition coefficient (Wildman–Crippen LogP) is 2.98. The van der Waals surface area contributed by atoms with E-state index in [0.29, 0.717) is 11.8 Å². The maximum atomic E-state index is 10.8. The molecule has 144 valence electrons. The minimum absolute atomic E-state index is 0.0966. The van der Waals surface area contributed by atoms with Gasteiger partial charge < -0.3 is 19.1 Å². The summed E-state index contributed by atoms with van der Waals surface area (Å²) in [6, 6.07) is 14.6. The topological polar surface area (TPSA) is 97.8 Å². The number of ether oxygens (including phenoxy) is 1. The summed E-state index contributed by atoms with van der Waals surface area (Å²) in [6.45, 7) is 2.97. The van der Waals surface area contributed by atoms with E-state index in [1.807, 2.05) is 29.2 Å². The summed E-state index contributed by atoms with van der Waals surface area (Å²) >= 11 is 0. The minimum Gasteiger partial charge on any atom is -0.497 e. The van der Waals surface area contributed by atoms with Crippen LogP contribution in [0.4, 0.5) is 17.4 Å². The van der Waals surface area contributed by atoms with Crippen LogP contribution < -0.4 is 14.5 Å². The van der Waals surface area contributed by atoms with Gasteiger partial charge >= 0.3 is 6.01 Å². The number of aromatic nitrogens is 2. The van der Waals surface area contributed by atoms with E-state index in [9.17, 15) is 10.1 Å². The molecule has 0 bridgehead atoms. The molecular weight excluding hydrogens is 362 g/mol. The fraction of sp³-hybridized carbons (Fsp3) is 0.263. The van der Waals surface area contributed by atoms with E-state index in [0.717, 1.165) is 43.2 Å². The van der Waals surface area contributed by atoms with Gasteiger partial charge in [0, 0.05) is 49.6 Å². The van der Waals surface area contributed by atoms with Gasteiger partial charge in [0.1, 0.15) is 5.75 Å². The average molecular weight is 381 g/mol. The maximum absolute atomic E-state index is 10.8. The number of benzene rings is 2. The third-order valence-corrected chi connectivity index (χ3v) is 4.74. The number of nitrogens with zero attached hydrogens (tertiary/aromatic N) is 5. The van der Waals surface area contributed by atoms with Crippen LogP contribution in [0.15, 0.2) is 53.1 Å². The Morgan fingerprint density at radius 3 is 2.25 bits per heavy atom. The Morgan fingerprint density at radius 1 is 1.00 bits per heavy atom. The molecular formula is C19H19N5O4. The molecule has 0 radical (unpaired) electrons. The number of anilines is 2. The Bertz CT molecular complexity index is 947. The van der Waals surface area contributed by atoms with Gasteiger partial charge in [0.05, 0.1) is 12.0 Å². The van der Waals surface area contributed by atoms with Crippen molar-refractivity contribution in [2.24, 2.45) is 0 Å². The van der Waals surface area contributed by atoms with Gasteiger partial charge in [0.2, 0.25) is 5.82 Å². The number of non-ortho nitro benzene ring substituents is 1. The van der Waals surface area contributed by atoms with Crippen molar-refractivity contribution >= 4 is 17.4 Å². The highest BCUT2D eigenvalue weighted by Gasteiger charge is 2.22. The average Bonchev–Trinajstić information content (AvgIpc) is 3.24. The molecule has 0 spiro atoms. The third-order valence-electron chi connectivity index (χ3n) is 4.74. The number of hydrogen-bond acceptors (Lipinski definition) is 8. The highest BCUT2D eigenvalue weighted by atomic mass is 16.6. The Hall–Kier alpha value is -3.62. The SMILES string of the molecule is COc1ccc(-c2noc(N3CCN(c4ccc([N+](=O)[O-])cc4)CC3)n2)cc1. The van der Waals surface area contributed by atoms with Crippen LogP contribution >= 0.6 is 0 Å². The first-order valence-corrected chi connectivity index (χ1v) is 8.86. The van der Waals surface area contributed by atoms with Gasteiger partial charge in [0.15, 0.2) is 0 Å². The number of methoxy groups -OCH3 is 1. The van der Waals surface area contributed by atoms with E-state index >= 15 is 0 Å². The number of hydrogen-bond donors (Lipinski definition) is 0. The predicted molar refractivity (Wildman–Crippen MR) is 104 cm³/mol. The number of nitro groups is 1. The molecule has 2 aromatic carbocycles. The van der Waals surface area contributed by atoms with Crippen molar-refractivity contribution in [3.8, 4) is 17.1 Å². The van der Waals surface area contributed by atoms with Crippen molar-refractivity contribution in [2.75, 3.05) is 43.1 Å². The van der Waals surface area contributed by atoms with Crippen LogP contribution in [0.5, 0.6) is 5.75 Å². The normalized spacial score (nSPS) is 14.2. The van der Waals surface area contributed by atoms with Crippen LogP contribution in [0.1, 0.15) is 0 Å². The van der Waals surface area contributed by atoms with Gasteiger partial charge in [-0.1, -0.05) is 5.16 Å². The zero-order valence-corrected chi connectivity index (χ0v) is 15.3. The summed E-state index contributed by atoms with van der Waals surface area (Å²) < 4.78 is 10.6. The Labute approximate surface area is 161 Å². The number of rotatable bonds is 5. The molecule has 1 saturated heterocycles. The second kappa shape index (κ2) is 7.55. The van der Waals surface area contributed by atoms with E-state index < -0.39 is 4.92 Å². The molecule has 0 aliphatic carbocycles. The van der Waals surface area contributed by atoms with Gasteiger partial charge in [0.25, 0.3) is 5.69 Å². The van der Waals surface area contributed by atoms with E-state index in [1.54, 1.807) is 19.2 Å². The minimum atomic E-state index is -0.391. The molecule has 1 aromatic heterocycles. The van der Waals surface area contributed by atoms with Crippen LogP contribution in [0.2, 0.25) is 0 Å². The summed E-state index contributed by atoms with van der Waals surface area (Å²) in [5, 5.41) is 14.9. The summed E-state index contributed by atoms with van der Waals surface area (Å²) in [6.07, 6.45) is 0. The monoisotopic (exact) mass is 381 g/mol. The van der Waals surface area contributed by atoms with Crippen molar-refractivity contribution in [3.05, 3.63) is 58.6 Å². The lowest BCUT2D eigenvalue weighted by Gasteiger charge is -2.34. The molecule has 3 aromatic rings. The molecule has 28 heavy (non-hydrogen) atoms. The Kier molecular flexibility index (Phi) is 4.79. The third kappa shape index (κ3) is 3.59. The highest BCUT2D eigenvalue weighted by molar-refractivity contribution is 5.57. The highest BCUT2D eigenvalue weighted by Crippen LogP contribution is 2.25. The lowest BCUT2D eigenvalue weighted by Crippen LogP contribution is -2.46. The fourth-order valence-corrected chi connectivity index (χ4v) is 3.14. The molecule has 1 aliphatic rings. The summed E-state index contributed by atoms with van der Waals surface area (Å²) in [7, 11) is 1.62. The second-order valence-electron chi connectivity index (χ2n) is 6.38. The van der Waals surface area contributed by atoms with Crippen molar-refractivity contribution in [1.29, 1.82) is 0 Å². The molecule has 0 saturated carbocycles. The Balaban J connectivity index is 1.39. The zero-order valence-electron chi connectivity index (χ0n) is 15.3. The lowest BCUT2D eigenvalue weighted by atomic mass is 10.2.